The lowest BCUT2D eigenvalue weighted by Gasteiger charge is -2.31. The second-order valence-electron chi connectivity index (χ2n) is 17.8. The number of aryl methyl sites for hydroxylation is 1. The van der Waals surface area contributed by atoms with Crippen LogP contribution in [0.5, 0.6) is 17.2 Å². The number of nitrogens with one attached hydrogen (secondary N) is 2. The minimum Gasteiger partial charge on any atom is -0.497 e. The Bertz CT molecular complexity index is 2950. The molecule has 20 heteroatoms. The number of benzene rings is 4. The molecule has 5 aromatic rings. The second kappa shape index (κ2) is 19.2. The number of hydrogen-bond donors (Lipinski definition) is 3. The molecular weight excluding hydrogens is 944 g/mol. The van der Waals surface area contributed by atoms with Crippen LogP contribution in [0.25, 0.3) is 16.8 Å². The zero-order valence-corrected chi connectivity index (χ0v) is 39.2. The smallest absolute Gasteiger partial charge is 0.417 e. The van der Waals surface area contributed by atoms with Crippen LogP contribution in [0.15, 0.2) is 82.9 Å². The Hall–Kier alpha value is -6.73. The number of halogens is 7. The summed E-state index contributed by atoms with van der Waals surface area (Å²) in [4.78, 5) is 29.0. The Morgan fingerprint density at radius 2 is 1.71 bits per heavy atom. The number of aliphatic imine (C=N–C) groups is 1. The van der Waals surface area contributed by atoms with Crippen molar-refractivity contribution >= 4 is 41.0 Å². The molecule has 4 aliphatic heterocycles. The van der Waals surface area contributed by atoms with Crippen molar-refractivity contribution in [3.63, 3.8) is 0 Å². The molecule has 2 fully saturated rings. The summed E-state index contributed by atoms with van der Waals surface area (Å²) in [5.41, 5.74) is -3.26. The summed E-state index contributed by atoms with van der Waals surface area (Å²) in [5, 5.41) is 14.1. The fraction of sp³-hybridized carbons (Fsp3) is 0.360. The van der Waals surface area contributed by atoms with Gasteiger partial charge < -0.3 is 34.3 Å². The van der Waals surface area contributed by atoms with Gasteiger partial charge in [0.2, 0.25) is 0 Å². The van der Waals surface area contributed by atoms with Gasteiger partial charge >= 0.3 is 18.4 Å². The summed E-state index contributed by atoms with van der Waals surface area (Å²) in [5.74, 6) is -3.32. The van der Waals surface area contributed by atoms with Crippen LogP contribution in [0.1, 0.15) is 59.9 Å². The van der Waals surface area contributed by atoms with Crippen LogP contribution >= 0.6 is 11.6 Å². The molecule has 4 atom stereocenters. The Balaban J connectivity index is 1.25. The van der Waals surface area contributed by atoms with E-state index in [1.807, 2.05) is 4.90 Å². The third-order valence-electron chi connectivity index (χ3n) is 13.5. The first-order valence-corrected chi connectivity index (χ1v) is 22.9. The summed E-state index contributed by atoms with van der Waals surface area (Å²) >= 11 is 7.12. The van der Waals surface area contributed by atoms with Crippen LogP contribution in [-0.2, 0) is 24.0 Å². The van der Waals surface area contributed by atoms with Crippen LogP contribution < -0.4 is 40.3 Å². The van der Waals surface area contributed by atoms with Gasteiger partial charge in [0.1, 0.15) is 42.8 Å². The Morgan fingerprint density at radius 1 is 1.04 bits per heavy atom. The van der Waals surface area contributed by atoms with E-state index in [1.54, 1.807) is 72.5 Å². The molecule has 1 unspecified atom stereocenters. The number of aromatic nitrogens is 1. The molecule has 70 heavy (non-hydrogen) atoms. The fourth-order valence-electron chi connectivity index (χ4n) is 10.2. The van der Waals surface area contributed by atoms with Crippen LogP contribution in [0.4, 0.5) is 42.6 Å². The normalized spacial score (nSPS) is 19.9. The number of hydrogen-bond acceptors (Lipinski definition) is 11. The first kappa shape index (κ1) is 48.3. The van der Waals surface area contributed by atoms with Crippen molar-refractivity contribution in [1.82, 2.24) is 15.2 Å². The minimum absolute atomic E-state index is 0.00921. The highest BCUT2D eigenvalue weighted by molar-refractivity contribution is 6.33. The number of alkyl halides is 4. The van der Waals surface area contributed by atoms with E-state index in [9.17, 15) is 14.3 Å². The zero-order chi connectivity index (χ0) is 49.6. The van der Waals surface area contributed by atoms with Crippen molar-refractivity contribution in [2.45, 2.75) is 76.0 Å². The van der Waals surface area contributed by atoms with Gasteiger partial charge in [0.15, 0.2) is 17.4 Å². The maximum absolute atomic E-state index is 18.2. The average molecular weight is 992 g/mol. The standard InChI is InChI=1S/C50H48ClF6N7O6/c1-26-19-34(63(21-28-8-12-31(67-3)13-9-28)22-29-10-14-32(68-4)15-11-29)40(53)35(38(26)50(55,56)57)36-39(51)43-37-44(60-25-59-43)42(27(2)33-7-5-17-58-46(33)62-47(65)66)61-48(70-45(37)41(36)54)69-24-49-16-6-18-64(49)23-30(52)20-49/h5,7-15,17,19,27,30,42,60H,6,16,18,20-25H2,1-4H3,(H,58,62)(H,65,66)/t27-,30-,42?,49+/m1/s1. The molecule has 4 aromatic carbocycles. The quantitative estimate of drug-likeness (QED) is 0.0979. The number of carboxylic acid groups (broad SMARTS) is 1. The third-order valence-corrected chi connectivity index (χ3v) is 13.8. The largest absolute Gasteiger partial charge is 0.497 e. The molecule has 1 aromatic heterocycles. The highest BCUT2D eigenvalue weighted by Crippen LogP contribution is 2.48. The summed E-state index contributed by atoms with van der Waals surface area (Å²) < 4.78 is 121. The number of amides is 1. The van der Waals surface area contributed by atoms with Crippen molar-refractivity contribution < 1.29 is 55.2 Å². The van der Waals surface area contributed by atoms with Crippen molar-refractivity contribution in [2.75, 3.05) is 50.8 Å². The van der Waals surface area contributed by atoms with Crippen molar-refractivity contribution in [3.8, 4) is 28.4 Å². The highest BCUT2D eigenvalue weighted by atomic mass is 35.5. The van der Waals surface area contributed by atoms with E-state index in [0.717, 1.165) is 19.4 Å². The van der Waals surface area contributed by atoms with Gasteiger partial charge in [-0.1, -0.05) is 48.9 Å². The van der Waals surface area contributed by atoms with Gasteiger partial charge in [0, 0.05) is 54.9 Å². The Labute approximate surface area is 403 Å². The van der Waals surface area contributed by atoms with Crippen molar-refractivity contribution in [2.24, 2.45) is 9.98 Å². The van der Waals surface area contributed by atoms with Gasteiger partial charge in [0.05, 0.1) is 52.3 Å². The van der Waals surface area contributed by atoms with Crippen LogP contribution in [0.2, 0.25) is 5.02 Å². The predicted octanol–water partition coefficient (Wildman–Crippen LogP) is 9.12. The highest BCUT2D eigenvalue weighted by Gasteiger charge is 2.50. The number of fused-ring (bicyclic) bond motifs is 1. The molecule has 0 bridgehead atoms. The van der Waals surface area contributed by atoms with Gasteiger partial charge in [0.25, 0.3) is 0 Å². The number of nitrogens with zero attached hydrogens (tertiary/aromatic N) is 5. The zero-order valence-electron chi connectivity index (χ0n) is 38.4. The van der Waals surface area contributed by atoms with E-state index in [0.29, 0.717) is 41.2 Å². The molecule has 4 aliphatic rings. The second-order valence-corrected chi connectivity index (χ2v) is 18.1. The molecule has 9 rings (SSSR count). The van der Waals surface area contributed by atoms with Crippen molar-refractivity contribution in [1.29, 1.82) is 0 Å². The summed E-state index contributed by atoms with van der Waals surface area (Å²) in [6.07, 6.45) is -5.41. The number of ether oxygens (including phenoxy) is 4. The molecule has 368 valence electrons. The van der Waals surface area contributed by atoms with Gasteiger partial charge in [-0.25, -0.2) is 27.9 Å². The third kappa shape index (κ3) is 9.11. The van der Waals surface area contributed by atoms with Crippen LogP contribution in [-0.4, -0.2) is 85.5 Å². The Morgan fingerprint density at radius 3 is 2.34 bits per heavy atom. The minimum atomic E-state index is -5.24. The number of rotatable bonds is 13. The first-order valence-electron chi connectivity index (χ1n) is 22.5. The molecule has 2 saturated heterocycles. The number of carbonyl (C=O) groups is 1. The van der Waals surface area contributed by atoms with Crippen LogP contribution in [0.3, 0.4) is 0 Å². The SMILES string of the molecule is COc1ccc(CN(Cc2ccc(OC)cc2)c2cc(C)c(C(F)(F)F)c(-c3c(F)c4c5c(c3Cl)=NCNC=5C([C@H](C)c3cccnc3NC(=O)O)N=C(OC[C@@]35CCCN3C[C@H](F)C5)O4)c2F)cc1. The maximum atomic E-state index is 18.2. The molecule has 0 spiro atoms. The van der Waals surface area contributed by atoms with E-state index < -0.39 is 86.7 Å². The van der Waals surface area contributed by atoms with Crippen LogP contribution in [0, 0.1) is 18.6 Å². The van der Waals surface area contributed by atoms with E-state index in [2.05, 4.69) is 20.6 Å². The molecule has 0 aliphatic carbocycles. The molecule has 0 saturated carbocycles. The molecule has 5 heterocycles. The fourth-order valence-corrected chi connectivity index (χ4v) is 10.5. The lowest BCUT2D eigenvalue weighted by molar-refractivity contribution is -0.137. The first-order chi connectivity index (χ1) is 33.5. The average Bonchev–Trinajstić information content (AvgIpc) is 3.80. The maximum Gasteiger partial charge on any atom is 0.417 e. The lowest BCUT2D eigenvalue weighted by Crippen LogP contribution is -2.44. The van der Waals surface area contributed by atoms with E-state index in [4.69, 9.17) is 35.5 Å². The monoisotopic (exact) mass is 991 g/mol. The van der Waals surface area contributed by atoms with Gasteiger partial charge in [-0.15, -0.1) is 0 Å². The molecular formula is C50H48ClF6N7O6. The summed E-state index contributed by atoms with van der Waals surface area (Å²) in [7, 11) is 3.00. The van der Waals surface area contributed by atoms with E-state index >= 15 is 22.0 Å². The molecule has 1 amide bonds. The molecule has 0 radical (unpaired) electrons. The lowest BCUT2D eigenvalue weighted by atomic mass is 9.89. The number of methoxy groups -OCH3 is 2. The van der Waals surface area contributed by atoms with Gasteiger partial charge in [-0.05, 0) is 79.4 Å². The summed E-state index contributed by atoms with van der Waals surface area (Å²) in [6.45, 7) is 3.27. The topological polar surface area (TPSA) is 142 Å². The molecule has 3 N–H and O–H groups in total. The number of anilines is 2. The van der Waals surface area contributed by atoms with Gasteiger partial charge in [-0.2, -0.15) is 13.2 Å². The van der Waals surface area contributed by atoms with E-state index in [1.165, 1.54) is 20.4 Å². The van der Waals surface area contributed by atoms with Crippen molar-refractivity contribution in [3.05, 3.63) is 128 Å². The Kier molecular flexibility index (Phi) is 13.3. The van der Waals surface area contributed by atoms with E-state index in [-0.39, 0.29) is 67.1 Å². The van der Waals surface area contributed by atoms with Gasteiger partial charge in [-0.3, -0.25) is 15.2 Å². The molecule has 13 nitrogen and oxygen atoms in total. The number of pyridine rings is 1. The summed E-state index contributed by atoms with van der Waals surface area (Å²) in [6, 6.07) is 16.9. The predicted molar refractivity (Wildman–Crippen MR) is 250 cm³/mol.